The van der Waals surface area contributed by atoms with Crippen LogP contribution < -0.4 is 10.6 Å². The minimum absolute atomic E-state index is 0.0576. The molecule has 2 N–H and O–H groups in total. The zero-order valence-electron chi connectivity index (χ0n) is 18.8. The Kier molecular flexibility index (Phi) is 8.68. The lowest BCUT2D eigenvalue weighted by molar-refractivity contribution is 0.0205. The number of rotatable bonds is 8. The molecule has 30 heavy (non-hydrogen) atoms. The van der Waals surface area contributed by atoms with Crippen LogP contribution in [0.3, 0.4) is 0 Å². The molecule has 1 aromatic heterocycles. The molecular formula is C21H35N5O4. The van der Waals surface area contributed by atoms with E-state index in [0.717, 1.165) is 32.2 Å². The smallest absolute Gasteiger partial charge is 0.410 e. The standard InChI is InChI=1S/C21H35N5O4/c1-6-8-11-22-19-23-13-16(18(27)29-7-2)17(25-19)24-15-10-9-12-26(14-15)20(28)30-21(3,4)5/h13,15H,6-12,14H2,1-5H3,(H2,22,23,24,25). The van der Waals surface area contributed by atoms with Crippen LogP contribution in [0.1, 0.15) is 70.7 Å². The van der Waals surface area contributed by atoms with Crippen LogP contribution in [0, 0.1) is 0 Å². The molecule has 0 radical (unpaired) electrons. The lowest BCUT2D eigenvalue weighted by atomic mass is 10.1. The molecule has 1 atom stereocenters. The highest BCUT2D eigenvalue weighted by Crippen LogP contribution is 2.21. The summed E-state index contributed by atoms with van der Waals surface area (Å²) in [6.45, 7) is 11.6. The van der Waals surface area contributed by atoms with Crippen LogP contribution in [0.4, 0.5) is 16.6 Å². The number of nitrogens with zero attached hydrogens (tertiary/aromatic N) is 3. The van der Waals surface area contributed by atoms with Gasteiger partial charge in [0, 0.05) is 31.9 Å². The zero-order valence-corrected chi connectivity index (χ0v) is 18.8. The summed E-state index contributed by atoms with van der Waals surface area (Å²) in [5.74, 6) is 0.400. The van der Waals surface area contributed by atoms with Crippen molar-refractivity contribution in [3.05, 3.63) is 11.8 Å². The van der Waals surface area contributed by atoms with Crippen molar-refractivity contribution in [2.75, 3.05) is 36.9 Å². The summed E-state index contributed by atoms with van der Waals surface area (Å²) in [6.07, 6.45) is 4.89. The summed E-state index contributed by atoms with van der Waals surface area (Å²) in [5.41, 5.74) is -0.257. The van der Waals surface area contributed by atoms with Crippen LogP contribution in [0.15, 0.2) is 6.20 Å². The Balaban J connectivity index is 2.14. The van der Waals surface area contributed by atoms with Crippen molar-refractivity contribution in [1.82, 2.24) is 14.9 Å². The fourth-order valence-corrected chi connectivity index (χ4v) is 3.09. The average Bonchev–Trinajstić information content (AvgIpc) is 2.67. The second-order valence-corrected chi connectivity index (χ2v) is 8.37. The van der Waals surface area contributed by atoms with Crippen molar-refractivity contribution in [1.29, 1.82) is 0 Å². The molecule has 2 rings (SSSR count). The SMILES string of the molecule is CCCCNc1ncc(C(=O)OCC)c(NC2CCCN(C(=O)OC(C)(C)C)C2)n1. The van der Waals surface area contributed by atoms with Gasteiger partial charge in [-0.3, -0.25) is 0 Å². The molecule has 1 fully saturated rings. The van der Waals surface area contributed by atoms with Gasteiger partial charge in [-0.25, -0.2) is 14.6 Å². The summed E-state index contributed by atoms with van der Waals surface area (Å²) >= 11 is 0. The fraction of sp³-hybridized carbons (Fsp3) is 0.714. The van der Waals surface area contributed by atoms with Crippen LogP contribution in [-0.4, -0.2) is 64.8 Å². The first-order valence-corrected chi connectivity index (χ1v) is 10.8. The van der Waals surface area contributed by atoms with Crippen LogP contribution in [0.5, 0.6) is 0 Å². The van der Waals surface area contributed by atoms with Crippen LogP contribution in [-0.2, 0) is 9.47 Å². The molecule has 0 spiro atoms. The van der Waals surface area contributed by atoms with Crippen molar-refractivity contribution in [2.24, 2.45) is 0 Å². The van der Waals surface area contributed by atoms with Crippen LogP contribution >= 0.6 is 0 Å². The Hall–Kier alpha value is -2.58. The molecule has 9 nitrogen and oxygen atoms in total. The maximum absolute atomic E-state index is 12.4. The number of carbonyl (C=O) groups excluding carboxylic acids is 2. The van der Waals surface area contributed by atoms with Gasteiger partial charge >= 0.3 is 12.1 Å². The number of carbonyl (C=O) groups is 2. The van der Waals surface area contributed by atoms with Crippen molar-refractivity contribution in [3.63, 3.8) is 0 Å². The maximum atomic E-state index is 12.4. The second kappa shape index (κ2) is 11.0. The third kappa shape index (κ3) is 7.35. The maximum Gasteiger partial charge on any atom is 0.410 e. The van der Waals surface area contributed by atoms with E-state index < -0.39 is 11.6 Å². The minimum Gasteiger partial charge on any atom is -0.462 e. The summed E-state index contributed by atoms with van der Waals surface area (Å²) in [7, 11) is 0. The average molecular weight is 422 g/mol. The highest BCUT2D eigenvalue weighted by Gasteiger charge is 2.29. The van der Waals surface area contributed by atoms with E-state index in [1.807, 2.05) is 20.8 Å². The van der Waals surface area contributed by atoms with Crippen molar-refractivity contribution < 1.29 is 19.1 Å². The predicted octanol–water partition coefficient (Wildman–Crippen LogP) is 3.68. The van der Waals surface area contributed by atoms with Gasteiger partial charge in [-0.15, -0.1) is 0 Å². The van der Waals surface area contributed by atoms with E-state index in [4.69, 9.17) is 9.47 Å². The van der Waals surface area contributed by atoms with Crippen molar-refractivity contribution in [3.8, 4) is 0 Å². The number of esters is 1. The van der Waals surface area contributed by atoms with E-state index >= 15 is 0 Å². The van der Waals surface area contributed by atoms with E-state index in [1.165, 1.54) is 6.20 Å². The van der Waals surface area contributed by atoms with Gasteiger partial charge in [-0.05, 0) is 47.0 Å². The molecule has 1 saturated heterocycles. The Labute approximate surface area is 178 Å². The molecule has 9 heteroatoms. The van der Waals surface area contributed by atoms with Gasteiger partial charge in [-0.2, -0.15) is 4.98 Å². The molecule has 168 valence electrons. The number of amides is 1. The normalized spacial score (nSPS) is 16.7. The molecule has 0 bridgehead atoms. The topological polar surface area (TPSA) is 106 Å². The lowest BCUT2D eigenvalue weighted by Crippen LogP contribution is -2.47. The van der Waals surface area contributed by atoms with Gasteiger partial charge < -0.3 is 25.0 Å². The minimum atomic E-state index is -0.541. The molecule has 0 aliphatic carbocycles. The van der Waals surface area contributed by atoms with Crippen LogP contribution in [0.2, 0.25) is 0 Å². The van der Waals surface area contributed by atoms with Gasteiger partial charge in [-0.1, -0.05) is 13.3 Å². The third-order valence-corrected chi connectivity index (χ3v) is 4.51. The molecule has 1 aliphatic rings. The van der Waals surface area contributed by atoms with E-state index in [2.05, 4.69) is 27.5 Å². The number of nitrogens with one attached hydrogen (secondary N) is 2. The zero-order chi connectivity index (χ0) is 22.1. The van der Waals surface area contributed by atoms with E-state index in [9.17, 15) is 9.59 Å². The molecule has 0 saturated carbocycles. The van der Waals surface area contributed by atoms with Gasteiger partial charge in [0.2, 0.25) is 5.95 Å². The van der Waals surface area contributed by atoms with Crippen molar-refractivity contribution in [2.45, 2.75) is 71.9 Å². The third-order valence-electron chi connectivity index (χ3n) is 4.51. The highest BCUT2D eigenvalue weighted by atomic mass is 16.6. The van der Waals surface area contributed by atoms with E-state index in [1.54, 1.807) is 11.8 Å². The quantitative estimate of drug-likeness (QED) is 0.484. The number of anilines is 2. The monoisotopic (exact) mass is 421 g/mol. The molecule has 0 aromatic carbocycles. The Morgan fingerprint density at radius 3 is 2.73 bits per heavy atom. The molecule has 1 unspecified atom stereocenters. The first-order valence-electron chi connectivity index (χ1n) is 10.8. The first kappa shape index (κ1) is 23.7. The Morgan fingerprint density at radius 2 is 2.07 bits per heavy atom. The van der Waals surface area contributed by atoms with Gasteiger partial charge in [0.1, 0.15) is 17.0 Å². The van der Waals surface area contributed by atoms with Crippen LogP contribution in [0.25, 0.3) is 0 Å². The second-order valence-electron chi connectivity index (χ2n) is 8.37. The lowest BCUT2D eigenvalue weighted by Gasteiger charge is -2.34. The number of aromatic nitrogens is 2. The van der Waals surface area contributed by atoms with E-state index in [-0.39, 0.29) is 24.3 Å². The summed E-state index contributed by atoms with van der Waals surface area (Å²) in [4.78, 5) is 35.2. The Bertz CT molecular complexity index is 720. The molecule has 2 heterocycles. The van der Waals surface area contributed by atoms with Gasteiger partial charge in [0.05, 0.1) is 6.61 Å². The van der Waals surface area contributed by atoms with Gasteiger partial charge in [0.15, 0.2) is 0 Å². The summed E-state index contributed by atoms with van der Waals surface area (Å²) in [5, 5.41) is 6.50. The Morgan fingerprint density at radius 1 is 1.30 bits per heavy atom. The molecular weight excluding hydrogens is 386 g/mol. The first-order chi connectivity index (χ1) is 14.2. The number of hydrogen-bond acceptors (Lipinski definition) is 8. The fourth-order valence-electron chi connectivity index (χ4n) is 3.09. The van der Waals surface area contributed by atoms with Crippen molar-refractivity contribution >= 4 is 23.8 Å². The number of unbranched alkanes of at least 4 members (excludes halogenated alkanes) is 1. The van der Waals surface area contributed by atoms with Gasteiger partial charge in [0.25, 0.3) is 0 Å². The number of piperidine rings is 1. The summed E-state index contributed by atoms with van der Waals surface area (Å²) < 4.78 is 10.6. The number of likely N-dealkylation sites (tertiary alicyclic amines) is 1. The predicted molar refractivity (Wildman–Crippen MR) is 116 cm³/mol. The highest BCUT2D eigenvalue weighted by molar-refractivity contribution is 5.94. The number of ether oxygens (including phenoxy) is 2. The molecule has 1 aliphatic heterocycles. The largest absolute Gasteiger partial charge is 0.462 e. The van der Waals surface area contributed by atoms with E-state index in [0.29, 0.717) is 24.9 Å². The number of hydrogen-bond donors (Lipinski definition) is 2. The summed E-state index contributed by atoms with van der Waals surface area (Å²) in [6, 6.07) is -0.0576. The molecule has 1 aromatic rings. The molecule has 1 amide bonds.